The van der Waals surface area contributed by atoms with E-state index < -0.39 is 0 Å². The van der Waals surface area contributed by atoms with Crippen LogP contribution in [0, 0.1) is 5.92 Å². The van der Waals surface area contributed by atoms with Crippen molar-refractivity contribution in [3.63, 3.8) is 0 Å². The summed E-state index contributed by atoms with van der Waals surface area (Å²) >= 11 is 0. The van der Waals surface area contributed by atoms with E-state index in [1.165, 1.54) is 0 Å². The standard InChI is InChI=1S/C7H15NO/c1-2-6-3-4-8-5-7(6)9/h6-9H,2-5H2,1H3. The Labute approximate surface area is 56.3 Å². The van der Waals surface area contributed by atoms with E-state index in [4.69, 9.17) is 0 Å². The minimum Gasteiger partial charge on any atom is -0.392 e. The number of hydrogen-bond acceptors (Lipinski definition) is 2. The van der Waals surface area contributed by atoms with Crippen molar-refractivity contribution in [2.75, 3.05) is 13.1 Å². The molecule has 0 aromatic rings. The summed E-state index contributed by atoms with van der Waals surface area (Å²) < 4.78 is 0. The Kier molecular flexibility index (Phi) is 2.49. The van der Waals surface area contributed by atoms with Crippen LogP contribution in [0.1, 0.15) is 19.8 Å². The molecule has 0 saturated carbocycles. The van der Waals surface area contributed by atoms with E-state index in [9.17, 15) is 5.11 Å². The predicted octanol–water partition coefficient (Wildman–Crippen LogP) is 0.367. The zero-order valence-electron chi connectivity index (χ0n) is 5.93. The molecule has 2 heteroatoms. The van der Waals surface area contributed by atoms with Gasteiger partial charge in [0.1, 0.15) is 0 Å². The fourth-order valence-electron chi connectivity index (χ4n) is 1.37. The Bertz CT molecular complexity index is 85.0. The van der Waals surface area contributed by atoms with Gasteiger partial charge in [0, 0.05) is 6.54 Å². The third-order valence-corrected chi connectivity index (χ3v) is 2.11. The number of aliphatic hydroxyl groups is 1. The summed E-state index contributed by atoms with van der Waals surface area (Å²) in [7, 11) is 0. The monoisotopic (exact) mass is 129 g/mol. The topological polar surface area (TPSA) is 32.3 Å². The molecule has 9 heavy (non-hydrogen) atoms. The molecule has 0 spiro atoms. The van der Waals surface area contributed by atoms with Gasteiger partial charge in [0.05, 0.1) is 6.10 Å². The highest BCUT2D eigenvalue weighted by molar-refractivity contribution is 4.75. The van der Waals surface area contributed by atoms with Crippen molar-refractivity contribution < 1.29 is 5.11 Å². The molecule has 0 aromatic carbocycles. The molecule has 0 radical (unpaired) electrons. The third-order valence-electron chi connectivity index (χ3n) is 2.11. The molecule has 1 heterocycles. The lowest BCUT2D eigenvalue weighted by Gasteiger charge is -2.26. The normalized spacial score (nSPS) is 36.7. The van der Waals surface area contributed by atoms with Gasteiger partial charge in [-0.3, -0.25) is 0 Å². The lowest BCUT2D eigenvalue weighted by Crippen LogP contribution is -2.40. The van der Waals surface area contributed by atoms with Crippen LogP contribution in [-0.2, 0) is 0 Å². The molecule has 1 aliphatic heterocycles. The molecule has 2 unspecified atom stereocenters. The van der Waals surface area contributed by atoms with Crippen molar-refractivity contribution in [1.82, 2.24) is 5.32 Å². The molecular weight excluding hydrogens is 114 g/mol. The van der Waals surface area contributed by atoms with Crippen molar-refractivity contribution >= 4 is 0 Å². The first-order chi connectivity index (χ1) is 4.34. The van der Waals surface area contributed by atoms with Gasteiger partial charge >= 0.3 is 0 Å². The van der Waals surface area contributed by atoms with Crippen LogP contribution >= 0.6 is 0 Å². The molecular formula is C7H15NO. The van der Waals surface area contributed by atoms with Crippen LogP contribution in [0.4, 0.5) is 0 Å². The largest absolute Gasteiger partial charge is 0.392 e. The maximum atomic E-state index is 9.31. The van der Waals surface area contributed by atoms with E-state index in [0.29, 0.717) is 5.92 Å². The number of rotatable bonds is 1. The van der Waals surface area contributed by atoms with Crippen LogP contribution in [-0.4, -0.2) is 24.3 Å². The molecule has 1 rings (SSSR count). The van der Waals surface area contributed by atoms with E-state index in [1.807, 2.05) is 0 Å². The number of hydrogen-bond donors (Lipinski definition) is 2. The minimum absolute atomic E-state index is 0.0938. The maximum Gasteiger partial charge on any atom is 0.0693 e. The smallest absolute Gasteiger partial charge is 0.0693 e. The second-order valence-corrected chi connectivity index (χ2v) is 2.73. The highest BCUT2D eigenvalue weighted by atomic mass is 16.3. The van der Waals surface area contributed by atoms with Crippen LogP contribution in [0.15, 0.2) is 0 Å². The molecule has 0 amide bonds. The quantitative estimate of drug-likeness (QED) is 0.536. The van der Waals surface area contributed by atoms with Gasteiger partial charge in [0.15, 0.2) is 0 Å². The minimum atomic E-state index is -0.0938. The predicted molar refractivity (Wildman–Crippen MR) is 37.3 cm³/mol. The number of piperidine rings is 1. The van der Waals surface area contributed by atoms with E-state index in [1.54, 1.807) is 0 Å². The summed E-state index contributed by atoms with van der Waals surface area (Å²) in [6.45, 7) is 4.01. The molecule has 1 saturated heterocycles. The Morgan fingerprint density at radius 3 is 2.89 bits per heavy atom. The summed E-state index contributed by atoms with van der Waals surface area (Å²) in [6, 6.07) is 0. The third kappa shape index (κ3) is 1.66. The molecule has 54 valence electrons. The van der Waals surface area contributed by atoms with Crippen molar-refractivity contribution in [2.24, 2.45) is 5.92 Å². The first-order valence-corrected chi connectivity index (χ1v) is 3.73. The van der Waals surface area contributed by atoms with Crippen LogP contribution in [0.25, 0.3) is 0 Å². The SMILES string of the molecule is CCC1CCNCC1O. The van der Waals surface area contributed by atoms with Gasteiger partial charge in [-0.1, -0.05) is 13.3 Å². The summed E-state index contributed by atoms with van der Waals surface area (Å²) in [4.78, 5) is 0. The first kappa shape index (κ1) is 7.03. The first-order valence-electron chi connectivity index (χ1n) is 3.73. The van der Waals surface area contributed by atoms with E-state index in [0.717, 1.165) is 25.9 Å². The molecule has 2 nitrogen and oxygen atoms in total. The van der Waals surface area contributed by atoms with Crippen LogP contribution in [0.3, 0.4) is 0 Å². The fraction of sp³-hybridized carbons (Fsp3) is 1.00. The molecule has 1 aliphatic rings. The van der Waals surface area contributed by atoms with E-state index in [2.05, 4.69) is 12.2 Å². The molecule has 0 bridgehead atoms. The highest BCUT2D eigenvalue weighted by Crippen LogP contribution is 2.15. The zero-order chi connectivity index (χ0) is 6.69. The van der Waals surface area contributed by atoms with Crippen molar-refractivity contribution in [3.8, 4) is 0 Å². The van der Waals surface area contributed by atoms with Gasteiger partial charge in [-0.2, -0.15) is 0 Å². The van der Waals surface area contributed by atoms with Crippen LogP contribution < -0.4 is 5.32 Å². The van der Waals surface area contributed by atoms with E-state index in [-0.39, 0.29) is 6.10 Å². The second kappa shape index (κ2) is 3.18. The van der Waals surface area contributed by atoms with Gasteiger partial charge in [-0.15, -0.1) is 0 Å². The number of aliphatic hydroxyl groups excluding tert-OH is 1. The van der Waals surface area contributed by atoms with Crippen LogP contribution in [0.5, 0.6) is 0 Å². The Hall–Kier alpha value is -0.0800. The average molecular weight is 129 g/mol. The summed E-state index contributed by atoms with van der Waals surface area (Å²) in [5.74, 6) is 0.547. The Morgan fingerprint density at radius 2 is 2.44 bits per heavy atom. The average Bonchev–Trinajstić information content (AvgIpc) is 1.89. The molecule has 2 N–H and O–H groups in total. The second-order valence-electron chi connectivity index (χ2n) is 2.73. The Morgan fingerprint density at radius 1 is 1.67 bits per heavy atom. The van der Waals surface area contributed by atoms with Crippen LogP contribution in [0.2, 0.25) is 0 Å². The van der Waals surface area contributed by atoms with Crippen molar-refractivity contribution in [3.05, 3.63) is 0 Å². The lowest BCUT2D eigenvalue weighted by molar-refractivity contribution is 0.0799. The van der Waals surface area contributed by atoms with Gasteiger partial charge < -0.3 is 10.4 Å². The van der Waals surface area contributed by atoms with Crippen molar-refractivity contribution in [1.29, 1.82) is 0 Å². The molecule has 1 fully saturated rings. The Balaban J connectivity index is 2.30. The van der Waals surface area contributed by atoms with Gasteiger partial charge in [0.25, 0.3) is 0 Å². The maximum absolute atomic E-state index is 9.31. The molecule has 2 atom stereocenters. The molecule has 0 aliphatic carbocycles. The number of β-amino-alcohol motifs (C(OH)–C–C–N with tert-alkyl or cyclic N) is 1. The lowest BCUT2D eigenvalue weighted by atomic mass is 9.93. The zero-order valence-corrected chi connectivity index (χ0v) is 5.93. The highest BCUT2D eigenvalue weighted by Gasteiger charge is 2.19. The summed E-state index contributed by atoms with van der Waals surface area (Å²) in [6.07, 6.45) is 2.16. The summed E-state index contributed by atoms with van der Waals surface area (Å²) in [5, 5.41) is 12.5. The van der Waals surface area contributed by atoms with Gasteiger partial charge in [-0.25, -0.2) is 0 Å². The summed E-state index contributed by atoms with van der Waals surface area (Å²) in [5.41, 5.74) is 0. The number of nitrogens with one attached hydrogen (secondary N) is 1. The molecule has 0 aromatic heterocycles. The van der Waals surface area contributed by atoms with Gasteiger partial charge in [-0.05, 0) is 18.9 Å². The van der Waals surface area contributed by atoms with Gasteiger partial charge in [0.2, 0.25) is 0 Å². The fourth-order valence-corrected chi connectivity index (χ4v) is 1.37. The van der Waals surface area contributed by atoms with Crippen molar-refractivity contribution in [2.45, 2.75) is 25.9 Å². The van der Waals surface area contributed by atoms with E-state index >= 15 is 0 Å².